The van der Waals surface area contributed by atoms with Crippen LogP contribution in [0.25, 0.3) is 0 Å². The summed E-state index contributed by atoms with van der Waals surface area (Å²) in [5.74, 6) is 3.16. The molecule has 1 atom stereocenters. The second-order valence-corrected chi connectivity index (χ2v) is 7.94. The molecule has 7 heteroatoms. The maximum absolute atomic E-state index is 12.7. The Morgan fingerprint density at radius 1 is 1.25 bits per heavy atom. The predicted molar refractivity (Wildman–Crippen MR) is 92.7 cm³/mol. The van der Waals surface area contributed by atoms with Crippen molar-refractivity contribution in [3.63, 3.8) is 0 Å². The van der Waals surface area contributed by atoms with E-state index in [9.17, 15) is 9.59 Å². The van der Waals surface area contributed by atoms with Gasteiger partial charge in [-0.1, -0.05) is 6.42 Å². The summed E-state index contributed by atoms with van der Waals surface area (Å²) in [6.07, 6.45) is 5.37. The molecule has 2 heterocycles. The Balaban J connectivity index is 1.46. The number of amides is 2. The summed E-state index contributed by atoms with van der Waals surface area (Å²) in [7, 11) is 0. The number of thioether (sulfide) groups is 1. The van der Waals surface area contributed by atoms with Crippen LogP contribution in [0.2, 0.25) is 0 Å². The Bertz CT molecular complexity index is 673. The third kappa shape index (κ3) is 3.14. The molecule has 128 valence electrons. The molecule has 0 radical (unpaired) electrons. The average molecular weight is 346 g/mol. The quantitative estimate of drug-likeness (QED) is 0.905. The van der Waals surface area contributed by atoms with Crippen molar-refractivity contribution in [2.75, 3.05) is 16.9 Å². The van der Waals surface area contributed by atoms with E-state index in [0.29, 0.717) is 29.2 Å². The zero-order valence-electron chi connectivity index (χ0n) is 13.8. The Kier molecular flexibility index (Phi) is 4.20. The third-order valence-corrected chi connectivity index (χ3v) is 6.04. The smallest absolute Gasteiger partial charge is 0.249 e. The number of nitrogens with one attached hydrogen (secondary N) is 1. The summed E-state index contributed by atoms with van der Waals surface area (Å²) in [5, 5.41) is 2.91. The molecule has 0 bridgehead atoms. The van der Waals surface area contributed by atoms with E-state index < -0.39 is 0 Å². The van der Waals surface area contributed by atoms with E-state index in [1.54, 1.807) is 16.7 Å². The lowest BCUT2D eigenvalue weighted by Crippen LogP contribution is -2.48. The number of aryl methyl sites for hydroxylation is 1. The molecule has 1 aliphatic heterocycles. The SMILES string of the molecule is Cc1nc(NC(=O)C2CSCN2C(=O)C2CCC2)cc(C2CC2)n1. The molecular weight excluding hydrogens is 324 g/mol. The first kappa shape index (κ1) is 15.9. The van der Waals surface area contributed by atoms with Gasteiger partial charge in [-0.15, -0.1) is 11.8 Å². The number of carbonyl (C=O) groups is 2. The molecule has 24 heavy (non-hydrogen) atoms. The van der Waals surface area contributed by atoms with Crippen LogP contribution in [0.1, 0.15) is 49.5 Å². The summed E-state index contributed by atoms with van der Waals surface area (Å²) >= 11 is 1.64. The van der Waals surface area contributed by atoms with Crippen LogP contribution in [0.15, 0.2) is 6.07 Å². The van der Waals surface area contributed by atoms with Gasteiger partial charge in [-0.3, -0.25) is 9.59 Å². The topological polar surface area (TPSA) is 75.2 Å². The molecule has 2 saturated carbocycles. The van der Waals surface area contributed by atoms with E-state index in [0.717, 1.165) is 37.8 Å². The fraction of sp³-hybridized carbons (Fsp3) is 0.647. The molecule has 4 rings (SSSR count). The maximum atomic E-state index is 12.7. The Labute approximate surface area is 145 Å². The first-order valence-corrected chi connectivity index (χ1v) is 9.82. The molecule has 3 fully saturated rings. The molecular formula is C17H22N4O2S. The highest BCUT2D eigenvalue weighted by Crippen LogP contribution is 2.39. The average Bonchev–Trinajstić information content (AvgIpc) is 3.21. The highest BCUT2D eigenvalue weighted by atomic mass is 32.2. The highest BCUT2D eigenvalue weighted by molar-refractivity contribution is 7.99. The van der Waals surface area contributed by atoms with Crippen LogP contribution in [0.3, 0.4) is 0 Å². The first-order valence-electron chi connectivity index (χ1n) is 8.66. The van der Waals surface area contributed by atoms with Gasteiger partial charge in [0.2, 0.25) is 11.8 Å². The van der Waals surface area contributed by atoms with Gasteiger partial charge in [-0.05, 0) is 32.6 Å². The van der Waals surface area contributed by atoms with Crippen molar-refractivity contribution in [2.24, 2.45) is 5.92 Å². The van der Waals surface area contributed by atoms with Crippen molar-refractivity contribution < 1.29 is 9.59 Å². The van der Waals surface area contributed by atoms with Gasteiger partial charge in [0.25, 0.3) is 0 Å². The Morgan fingerprint density at radius 3 is 2.71 bits per heavy atom. The molecule has 1 unspecified atom stereocenters. The lowest BCUT2D eigenvalue weighted by atomic mass is 9.84. The minimum Gasteiger partial charge on any atom is -0.320 e. The number of anilines is 1. The van der Waals surface area contributed by atoms with Crippen LogP contribution in [0, 0.1) is 12.8 Å². The number of carbonyl (C=O) groups excluding carboxylic acids is 2. The molecule has 1 aromatic rings. The molecule has 1 aromatic heterocycles. The van der Waals surface area contributed by atoms with Crippen molar-refractivity contribution in [2.45, 2.75) is 51.0 Å². The van der Waals surface area contributed by atoms with Gasteiger partial charge in [0.05, 0.1) is 5.88 Å². The molecule has 1 N–H and O–H groups in total. The van der Waals surface area contributed by atoms with E-state index in [-0.39, 0.29) is 23.8 Å². The first-order chi connectivity index (χ1) is 11.6. The van der Waals surface area contributed by atoms with Crippen molar-refractivity contribution in [1.82, 2.24) is 14.9 Å². The highest BCUT2D eigenvalue weighted by Gasteiger charge is 2.39. The minimum atomic E-state index is -0.386. The lowest BCUT2D eigenvalue weighted by molar-refractivity contribution is -0.141. The number of rotatable bonds is 4. The lowest BCUT2D eigenvalue weighted by Gasteiger charge is -2.31. The molecule has 6 nitrogen and oxygen atoms in total. The van der Waals surface area contributed by atoms with Crippen molar-refractivity contribution in [3.8, 4) is 0 Å². The van der Waals surface area contributed by atoms with Crippen LogP contribution in [-0.4, -0.2) is 44.4 Å². The number of hydrogen-bond donors (Lipinski definition) is 1. The third-order valence-electron chi connectivity index (χ3n) is 5.03. The van der Waals surface area contributed by atoms with Crippen molar-refractivity contribution in [3.05, 3.63) is 17.6 Å². The Morgan fingerprint density at radius 2 is 2.04 bits per heavy atom. The second-order valence-electron chi connectivity index (χ2n) is 6.94. The molecule has 0 spiro atoms. The minimum absolute atomic E-state index is 0.127. The van der Waals surface area contributed by atoms with E-state index >= 15 is 0 Å². The zero-order valence-corrected chi connectivity index (χ0v) is 14.6. The van der Waals surface area contributed by atoms with Crippen LogP contribution >= 0.6 is 11.8 Å². The van der Waals surface area contributed by atoms with Crippen molar-refractivity contribution in [1.29, 1.82) is 0 Å². The largest absolute Gasteiger partial charge is 0.320 e. The van der Waals surface area contributed by atoms with Gasteiger partial charge in [0.1, 0.15) is 17.7 Å². The van der Waals surface area contributed by atoms with Crippen LogP contribution in [-0.2, 0) is 9.59 Å². The molecule has 2 aliphatic carbocycles. The fourth-order valence-electron chi connectivity index (χ4n) is 3.22. The molecule has 0 aromatic carbocycles. The summed E-state index contributed by atoms with van der Waals surface area (Å²) in [5.41, 5.74) is 1.01. The molecule has 3 aliphatic rings. The zero-order chi connectivity index (χ0) is 16.7. The monoisotopic (exact) mass is 346 g/mol. The van der Waals surface area contributed by atoms with Crippen molar-refractivity contribution >= 4 is 29.4 Å². The van der Waals surface area contributed by atoms with E-state index in [1.807, 2.05) is 13.0 Å². The van der Waals surface area contributed by atoms with Gasteiger partial charge >= 0.3 is 0 Å². The molecule has 1 saturated heterocycles. The van der Waals surface area contributed by atoms with E-state index in [1.165, 1.54) is 0 Å². The van der Waals surface area contributed by atoms with Gasteiger partial charge in [0.15, 0.2) is 0 Å². The fourth-order valence-corrected chi connectivity index (χ4v) is 4.38. The Hall–Kier alpha value is -1.63. The summed E-state index contributed by atoms with van der Waals surface area (Å²) in [4.78, 5) is 35.7. The van der Waals surface area contributed by atoms with Crippen LogP contribution < -0.4 is 5.32 Å². The van der Waals surface area contributed by atoms with Gasteiger partial charge in [-0.2, -0.15) is 0 Å². The number of nitrogens with zero attached hydrogens (tertiary/aromatic N) is 3. The maximum Gasteiger partial charge on any atom is 0.249 e. The van der Waals surface area contributed by atoms with E-state index in [4.69, 9.17) is 0 Å². The van der Waals surface area contributed by atoms with Crippen LogP contribution in [0.4, 0.5) is 5.82 Å². The summed E-state index contributed by atoms with van der Waals surface area (Å²) in [6, 6.07) is 1.49. The van der Waals surface area contributed by atoms with E-state index in [2.05, 4.69) is 15.3 Å². The predicted octanol–water partition coefficient (Wildman–Crippen LogP) is 2.30. The molecule has 2 amide bonds. The second kappa shape index (κ2) is 6.35. The standard InChI is InChI=1S/C17H22N4O2S/c1-10-18-13(11-5-6-11)7-15(19-10)20-16(22)14-8-24-9-21(14)17(23)12-3-2-4-12/h7,11-12,14H,2-6,8-9H2,1H3,(H,18,19,20,22). The van der Waals surface area contributed by atoms with Gasteiger partial charge < -0.3 is 10.2 Å². The summed E-state index contributed by atoms with van der Waals surface area (Å²) in [6.45, 7) is 1.85. The number of hydrogen-bond acceptors (Lipinski definition) is 5. The summed E-state index contributed by atoms with van der Waals surface area (Å²) < 4.78 is 0. The normalized spacial score (nSPS) is 23.9. The van der Waals surface area contributed by atoms with Crippen LogP contribution in [0.5, 0.6) is 0 Å². The van der Waals surface area contributed by atoms with Gasteiger partial charge in [-0.25, -0.2) is 9.97 Å². The van der Waals surface area contributed by atoms with Gasteiger partial charge in [0, 0.05) is 29.3 Å². The number of aromatic nitrogens is 2.